The van der Waals surface area contributed by atoms with Gasteiger partial charge in [0, 0.05) is 17.3 Å². The molecule has 0 fully saturated rings. The predicted octanol–water partition coefficient (Wildman–Crippen LogP) is 3.53. The second-order valence-corrected chi connectivity index (χ2v) is 6.80. The van der Waals surface area contributed by atoms with E-state index in [-0.39, 0.29) is 4.88 Å². The zero-order valence-corrected chi connectivity index (χ0v) is 15.0. The van der Waals surface area contributed by atoms with Gasteiger partial charge in [-0.05, 0) is 24.3 Å². The van der Waals surface area contributed by atoms with E-state index in [0.29, 0.717) is 10.7 Å². The molecule has 2 heterocycles. The molecule has 6 heteroatoms. The van der Waals surface area contributed by atoms with E-state index in [1.165, 1.54) is 0 Å². The molecule has 0 unspecified atom stereocenters. The Bertz CT molecular complexity index is 1100. The van der Waals surface area contributed by atoms with E-state index in [0.717, 1.165) is 28.2 Å². The fraction of sp³-hybridized carbons (Fsp3) is 0. The summed E-state index contributed by atoms with van der Waals surface area (Å²) in [6.45, 7) is 0. The number of carboxylic acid groups (broad SMARTS) is 1. The van der Waals surface area contributed by atoms with E-state index in [9.17, 15) is 9.90 Å². The van der Waals surface area contributed by atoms with E-state index in [1.807, 2.05) is 72.9 Å². The van der Waals surface area contributed by atoms with Crippen molar-refractivity contribution in [3.63, 3.8) is 0 Å². The van der Waals surface area contributed by atoms with Gasteiger partial charge in [-0.15, -0.1) is 11.3 Å². The molecule has 2 aromatic carbocycles. The molecule has 0 aliphatic carbocycles. The first-order chi connectivity index (χ1) is 13.2. The van der Waals surface area contributed by atoms with Gasteiger partial charge in [-0.3, -0.25) is 0 Å². The van der Waals surface area contributed by atoms with E-state index >= 15 is 0 Å². The zero-order valence-electron chi connectivity index (χ0n) is 14.1. The molecule has 0 radical (unpaired) electrons. The van der Waals surface area contributed by atoms with Crippen LogP contribution in [0, 0.1) is 0 Å². The van der Waals surface area contributed by atoms with Crippen LogP contribution < -0.4 is 5.11 Å². The fourth-order valence-corrected chi connectivity index (χ4v) is 3.48. The molecule has 2 aromatic heterocycles. The van der Waals surface area contributed by atoms with Gasteiger partial charge in [-0.25, -0.2) is 9.67 Å². The molecule has 4 aromatic rings. The van der Waals surface area contributed by atoms with Crippen LogP contribution in [-0.4, -0.2) is 20.7 Å². The summed E-state index contributed by atoms with van der Waals surface area (Å²) in [5.74, 6) is -1.22. The molecule has 0 bridgehead atoms. The van der Waals surface area contributed by atoms with Gasteiger partial charge in [0.2, 0.25) is 0 Å². The third kappa shape index (κ3) is 3.70. The van der Waals surface area contributed by atoms with Crippen molar-refractivity contribution >= 4 is 29.5 Å². The molecule has 0 N–H and O–H groups in total. The Morgan fingerprint density at radius 2 is 1.70 bits per heavy atom. The summed E-state index contributed by atoms with van der Waals surface area (Å²) in [6.07, 6.45) is 7.29. The van der Waals surface area contributed by atoms with Crippen molar-refractivity contribution < 1.29 is 9.90 Å². The molecular formula is C21H14N3O2S-. The van der Waals surface area contributed by atoms with Crippen LogP contribution in [0.5, 0.6) is 0 Å². The molecule has 0 saturated carbocycles. The number of aromatic nitrogens is 3. The highest BCUT2D eigenvalue weighted by Crippen LogP contribution is 2.28. The van der Waals surface area contributed by atoms with Gasteiger partial charge in [-0.1, -0.05) is 48.5 Å². The summed E-state index contributed by atoms with van der Waals surface area (Å²) < 4.78 is 1.78. The van der Waals surface area contributed by atoms with Crippen LogP contribution in [0.25, 0.3) is 29.1 Å². The SMILES string of the molecule is O=C([O-])c1sc(/C=C/c2cnn(-c3ccccc3)c2)nc1-c1ccccc1. The maximum Gasteiger partial charge on any atom is 0.117 e. The second-order valence-electron chi connectivity index (χ2n) is 5.77. The minimum absolute atomic E-state index is 0.126. The van der Waals surface area contributed by atoms with Crippen LogP contribution in [0.1, 0.15) is 20.2 Å². The zero-order chi connectivity index (χ0) is 18.6. The molecule has 0 amide bonds. The van der Waals surface area contributed by atoms with Gasteiger partial charge < -0.3 is 9.90 Å². The number of benzene rings is 2. The highest BCUT2D eigenvalue weighted by molar-refractivity contribution is 7.14. The Balaban J connectivity index is 1.62. The number of carboxylic acids is 1. The second kappa shape index (κ2) is 7.39. The Kier molecular flexibility index (Phi) is 4.63. The number of hydrogen-bond acceptors (Lipinski definition) is 5. The van der Waals surface area contributed by atoms with E-state index < -0.39 is 5.97 Å². The molecule has 0 saturated heterocycles. The van der Waals surface area contributed by atoms with Gasteiger partial charge in [-0.2, -0.15) is 5.10 Å². The quantitative estimate of drug-likeness (QED) is 0.537. The lowest BCUT2D eigenvalue weighted by Gasteiger charge is -2.01. The number of carbonyl (C=O) groups is 1. The lowest BCUT2D eigenvalue weighted by atomic mass is 10.1. The Hall–Kier alpha value is -3.51. The van der Waals surface area contributed by atoms with Crippen LogP contribution in [-0.2, 0) is 0 Å². The highest BCUT2D eigenvalue weighted by atomic mass is 32.1. The smallest absolute Gasteiger partial charge is 0.117 e. The molecule has 0 aliphatic heterocycles. The standard InChI is InChI=1S/C21H15N3O2S/c25-21(26)20-19(16-7-3-1-4-8-16)23-18(27-20)12-11-15-13-22-24(14-15)17-9-5-2-6-10-17/h1-14H,(H,25,26)/p-1/b12-11+. The minimum Gasteiger partial charge on any atom is -0.544 e. The van der Waals surface area contributed by atoms with E-state index in [2.05, 4.69) is 10.1 Å². The largest absolute Gasteiger partial charge is 0.544 e. The first kappa shape index (κ1) is 16.9. The van der Waals surface area contributed by atoms with E-state index in [4.69, 9.17) is 0 Å². The molecule has 0 aliphatic rings. The molecule has 27 heavy (non-hydrogen) atoms. The summed E-state index contributed by atoms with van der Waals surface area (Å²) in [6, 6.07) is 19.0. The molecular weight excluding hydrogens is 358 g/mol. The van der Waals surface area contributed by atoms with Crippen LogP contribution in [0.15, 0.2) is 73.1 Å². The number of para-hydroxylation sites is 1. The Labute approximate surface area is 159 Å². The van der Waals surface area contributed by atoms with Crippen molar-refractivity contribution in [2.45, 2.75) is 0 Å². The lowest BCUT2D eigenvalue weighted by Crippen LogP contribution is -2.21. The van der Waals surface area contributed by atoms with Crippen molar-refractivity contribution in [2.24, 2.45) is 0 Å². The predicted molar refractivity (Wildman–Crippen MR) is 104 cm³/mol. The summed E-state index contributed by atoms with van der Waals surface area (Å²) in [4.78, 5) is 16.1. The molecule has 0 atom stereocenters. The number of hydrogen-bond donors (Lipinski definition) is 0. The van der Waals surface area contributed by atoms with Crippen molar-refractivity contribution in [1.29, 1.82) is 0 Å². The van der Waals surface area contributed by atoms with Crippen LogP contribution in [0.3, 0.4) is 0 Å². The number of carbonyl (C=O) groups excluding carboxylic acids is 1. The summed E-state index contributed by atoms with van der Waals surface area (Å²) in [5, 5.41) is 16.4. The highest BCUT2D eigenvalue weighted by Gasteiger charge is 2.12. The fourth-order valence-electron chi connectivity index (χ4n) is 2.65. The molecule has 132 valence electrons. The van der Waals surface area contributed by atoms with Gasteiger partial charge in [0.1, 0.15) is 5.01 Å². The summed E-state index contributed by atoms with van der Waals surface area (Å²) in [7, 11) is 0. The summed E-state index contributed by atoms with van der Waals surface area (Å²) in [5.41, 5.74) is 3.05. The Morgan fingerprint density at radius 1 is 1.00 bits per heavy atom. The maximum atomic E-state index is 11.5. The first-order valence-corrected chi connectivity index (χ1v) is 9.08. The summed E-state index contributed by atoms with van der Waals surface area (Å²) >= 11 is 1.10. The van der Waals surface area contributed by atoms with Crippen molar-refractivity contribution in [3.8, 4) is 16.9 Å². The topological polar surface area (TPSA) is 70.8 Å². The van der Waals surface area contributed by atoms with Crippen LogP contribution in [0.2, 0.25) is 0 Å². The molecule has 5 nitrogen and oxygen atoms in total. The Morgan fingerprint density at radius 3 is 2.41 bits per heavy atom. The third-order valence-corrected chi connectivity index (χ3v) is 4.92. The first-order valence-electron chi connectivity index (χ1n) is 8.26. The lowest BCUT2D eigenvalue weighted by molar-refractivity contribution is -0.254. The average molecular weight is 372 g/mol. The van der Waals surface area contributed by atoms with E-state index in [1.54, 1.807) is 17.0 Å². The van der Waals surface area contributed by atoms with Gasteiger partial charge in [0.15, 0.2) is 0 Å². The molecule has 4 rings (SSSR count). The van der Waals surface area contributed by atoms with Crippen LogP contribution >= 0.6 is 11.3 Å². The van der Waals surface area contributed by atoms with Gasteiger partial charge >= 0.3 is 0 Å². The number of thiazole rings is 1. The third-order valence-electron chi connectivity index (χ3n) is 3.92. The molecule has 0 spiro atoms. The number of aromatic carboxylic acids is 1. The van der Waals surface area contributed by atoms with Crippen molar-refractivity contribution in [1.82, 2.24) is 14.8 Å². The minimum atomic E-state index is -1.22. The van der Waals surface area contributed by atoms with Gasteiger partial charge in [0.25, 0.3) is 0 Å². The normalized spacial score (nSPS) is 11.1. The van der Waals surface area contributed by atoms with Crippen molar-refractivity contribution in [2.75, 3.05) is 0 Å². The maximum absolute atomic E-state index is 11.5. The van der Waals surface area contributed by atoms with Gasteiger partial charge in [0.05, 0.1) is 28.4 Å². The monoisotopic (exact) mass is 372 g/mol. The number of rotatable bonds is 5. The van der Waals surface area contributed by atoms with Crippen LogP contribution in [0.4, 0.5) is 0 Å². The average Bonchev–Trinajstić information content (AvgIpc) is 3.35. The number of nitrogens with zero attached hydrogens (tertiary/aromatic N) is 3. The van der Waals surface area contributed by atoms with Crippen molar-refractivity contribution in [3.05, 3.63) is 88.5 Å².